The monoisotopic (exact) mass is 384 g/mol. The van der Waals surface area contributed by atoms with E-state index in [4.69, 9.17) is 16.3 Å². The molecule has 0 aliphatic rings. The predicted octanol–water partition coefficient (Wildman–Crippen LogP) is 3.23. The second-order valence-corrected chi connectivity index (χ2v) is 6.86. The number of esters is 1. The van der Waals surface area contributed by atoms with Gasteiger partial charge in [-0.1, -0.05) is 11.6 Å². The van der Waals surface area contributed by atoms with Crippen molar-refractivity contribution in [1.29, 1.82) is 0 Å². The number of hydrogen-bond acceptors (Lipinski definition) is 6. The zero-order chi connectivity index (χ0) is 18.6. The zero-order valence-electron chi connectivity index (χ0n) is 12.9. The Kier molecular flexibility index (Phi) is 5.60. The highest BCUT2D eigenvalue weighted by Crippen LogP contribution is 2.28. The van der Waals surface area contributed by atoms with E-state index < -0.39 is 31.5 Å². The molecule has 8 nitrogen and oxygen atoms in total. The first-order chi connectivity index (χ1) is 11.7. The molecule has 0 saturated heterocycles. The molecule has 0 heterocycles. The molecule has 10 heteroatoms. The molecule has 0 aliphatic heterocycles. The minimum Gasteiger partial charge on any atom is -0.462 e. The topological polar surface area (TPSA) is 116 Å². The van der Waals surface area contributed by atoms with E-state index in [9.17, 15) is 23.3 Å². The average molecular weight is 385 g/mol. The van der Waals surface area contributed by atoms with Crippen LogP contribution < -0.4 is 4.72 Å². The number of sulfonamides is 1. The van der Waals surface area contributed by atoms with Gasteiger partial charge >= 0.3 is 5.97 Å². The smallest absolute Gasteiger partial charge is 0.338 e. The summed E-state index contributed by atoms with van der Waals surface area (Å²) in [4.78, 5) is 21.3. The van der Waals surface area contributed by atoms with Crippen LogP contribution in [-0.2, 0) is 14.8 Å². The number of rotatable bonds is 6. The third kappa shape index (κ3) is 4.46. The third-order valence-corrected chi connectivity index (χ3v) is 4.72. The van der Waals surface area contributed by atoms with Gasteiger partial charge in [0.2, 0.25) is 0 Å². The first-order valence-electron chi connectivity index (χ1n) is 6.98. The molecule has 2 aromatic carbocycles. The van der Waals surface area contributed by atoms with E-state index in [2.05, 4.69) is 4.72 Å². The lowest BCUT2D eigenvalue weighted by Crippen LogP contribution is -2.15. The summed E-state index contributed by atoms with van der Waals surface area (Å²) in [5.41, 5.74) is -0.247. The van der Waals surface area contributed by atoms with Gasteiger partial charge in [-0.25, -0.2) is 13.2 Å². The number of nitro benzene ring substituents is 1. The fourth-order valence-electron chi connectivity index (χ4n) is 1.96. The number of nitrogens with zero attached hydrogens (tertiary/aromatic N) is 1. The van der Waals surface area contributed by atoms with Crippen LogP contribution in [0.1, 0.15) is 17.3 Å². The molecule has 0 amide bonds. The second-order valence-electron chi connectivity index (χ2n) is 4.77. The highest BCUT2D eigenvalue weighted by Gasteiger charge is 2.26. The van der Waals surface area contributed by atoms with Crippen LogP contribution in [0.25, 0.3) is 0 Å². The summed E-state index contributed by atoms with van der Waals surface area (Å²) in [5, 5.41) is 11.1. The van der Waals surface area contributed by atoms with Crippen LogP contribution in [0.4, 0.5) is 11.4 Å². The van der Waals surface area contributed by atoms with Crippen molar-refractivity contribution in [3.63, 3.8) is 0 Å². The molecule has 0 spiro atoms. The molecule has 0 saturated carbocycles. The summed E-state index contributed by atoms with van der Waals surface area (Å²) < 4.78 is 31.9. The molecule has 1 N–H and O–H groups in total. The van der Waals surface area contributed by atoms with Gasteiger partial charge in [-0.15, -0.1) is 0 Å². The molecule has 0 aliphatic carbocycles. The SMILES string of the molecule is CCOC(=O)c1ccc(NS(=O)(=O)c2ccc(Cl)cc2[N+](=O)[O-])cc1. The largest absolute Gasteiger partial charge is 0.462 e. The number of carbonyl (C=O) groups is 1. The summed E-state index contributed by atoms with van der Waals surface area (Å²) in [5.74, 6) is -0.537. The Bertz CT molecular complexity index is 912. The number of hydrogen-bond donors (Lipinski definition) is 1. The van der Waals surface area contributed by atoms with Crippen molar-refractivity contribution >= 4 is 39.0 Å². The molecule has 0 radical (unpaired) electrons. The number of ether oxygens (including phenoxy) is 1. The fourth-order valence-corrected chi connectivity index (χ4v) is 3.34. The van der Waals surface area contributed by atoms with Gasteiger partial charge in [-0.2, -0.15) is 0 Å². The summed E-state index contributed by atoms with van der Waals surface area (Å²) >= 11 is 5.68. The Morgan fingerprint density at radius 1 is 1.24 bits per heavy atom. The van der Waals surface area contributed by atoms with E-state index >= 15 is 0 Å². The number of carbonyl (C=O) groups excluding carboxylic acids is 1. The van der Waals surface area contributed by atoms with Crippen molar-refractivity contribution in [2.75, 3.05) is 11.3 Å². The van der Waals surface area contributed by atoms with Crippen molar-refractivity contribution in [3.8, 4) is 0 Å². The van der Waals surface area contributed by atoms with Gasteiger partial charge in [-0.3, -0.25) is 14.8 Å². The van der Waals surface area contributed by atoms with Crippen LogP contribution in [0.5, 0.6) is 0 Å². The Morgan fingerprint density at radius 2 is 1.88 bits per heavy atom. The third-order valence-electron chi connectivity index (χ3n) is 3.06. The lowest BCUT2D eigenvalue weighted by atomic mass is 10.2. The van der Waals surface area contributed by atoms with Gasteiger partial charge in [0.05, 0.1) is 17.1 Å². The second kappa shape index (κ2) is 7.49. The summed E-state index contributed by atoms with van der Waals surface area (Å²) in [6.07, 6.45) is 0. The van der Waals surface area contributed by atoms with E-state index in [-0.39, 0.29) is 22.9 Å². The van der Waals surface area contributed by atoms with Crippen molar-refractivity contribution in [1.82, 2.24) is 0 Å². The summed E-state index contributed by atoms with van der Waals surface area (Å²) in [6.45, 7) is 1.88. The minimum atomic E-state index is -4.22. The Balaban J connectivity index is 2.31. The summed E-state index contributed by atoms with van der Waals surface area (Å²) in [7, 11) is -4.22. The molecular weight excluding hydrogens is 372 g/mol. The van der Waals surface area contributed by atoms with Crippen LogP contribution in [0, 0.1) is 10.1 Å². The fraction of sp³-hybridized carbons (Fsp3) is 0.133. The molecule has 0 unspecified atom stereocenters. The highest BCUT2D eigenvalue weighted by molar-refractivity contribution is 7.92. The molecule has 0 atom stereocenters. The van der Waals surface area contributed by atoms with Gasteiger partial charge in [0.25, 0.3) is 15.7 Å². The van der Waals surface area contributed by atoms with Gasteiger partial charge < -0.3 is 4.74 Å². The molecule has 132 valence electrons. The van der Waals surface area contributed by atoms with Crippen LogP contribution in [-0.4, -0.2) is 25.9 Å². The lowest BCUT2D eigenvalue weighted by molar-refractivity contribution is -0.387. The van der Waals surface area contributed by atoms with Crippen LogP contribution in [0.2, 0.25) is 5.02 Å². The molecule has 0 bridgehead atoms. The van der Waals surface area contributed by atoms with E-state index in [0.717, 1.165) is 12.1 Å². The van der Waals surface area contributed by atoms with Crippen molar-refractivity contribution in [3.05, 3.63) is 63.2 Å². The van der Waals surface area contributed by atoms with Gasteiger partial charge in [-0.05, 0) is 43.3 Å². The predicted molar refractivity (Wildman–Crippen MR) is 91.3 cm³/mol. The van der Waals surface area contributed by atoms with E-state index in [1.54, 1.807) is 6.92 Å². The maximum absolute atomic E-state index is 12.4. The van der Waals surface area contributed by atoms with E-state index in [0.29, 0.717) is 0 Å². The number of nitrogens with one attached hydrogen (secondary N) is 1. The maximum atomic E-state index is 12.4. The Hall–Kier alpha value is -2.65. The zero-order valence-corrected chi connectivity index (χ0v) is 14.5. The van der Waals surface area contributed by atoms with Gasteiger partial charge in [0, 0.05) is 16.8 Å². The first-order valence-corrected chi connectivity index (χ1v) is 8.84. The Labute approximate surface area is 148 Å². The normalized spacial score (nSPS) is 11.0. The van der Waals surface area contributed by atoms with Crippen LogP contribution >= 0.6 is 11.6 Å². The molecule has 25 heavy (non-hydrogen) atoms. The molecule has 2 aromatic rings. The summed E-state index contributed by atoms with van der Waals surface area (Å²) in [6, 6.07) is 8.72. The molecule has 0 aromatic heterocycles. The first kappa shape index (κ1) is 18.7. The molecule has 0 fully saturated rings. The quantitative estimate of drug-likeness (QED) is 0.464. The van der Waals surface area contributed by atoms with Crippen molar-refractivity contribution in [2.45, 2.75) is 11.8 Å². The van der Waals surface area contributed by atoms with E-state index in [1.165, 1.54) is 30.3 Å². The number of benzene rings is 2. The van der Waals surface area contributed by atoms with Gasteiger partial charge in [0.1, 0.15) is 0 Å². The van der Waals surface area contributed by atoms with Crippen molar-refractivity contribution in [2.24, 2.45) is 0 Å². The van der Waals surface area contributed by atoms with Crippen molar-refractivity contribution < 1.29 is 22.9 Å². The molecule has 2 rings (SSSR count). The minimum absolute atomic E-state index is 0.0458. The average Bonchev–Trinajstić information content (AvgIpc) is 2.55. The molecular formula is C15H13ClN2O6S. The van der Waals surface area contributed by atoms with E-state index in [1.807, 2.05) is 0 Å². The number of anilines is 1. The number of halogens is 1. The maximum Gasteiger partial charge on any atom is 0.338 e. The lowest BCUT2D eigenvalue weighted by Gasteiger charge is -2.09. The van der Waals surface area contributed by atoms with Crippen LogP contribution in [0.3, 0.4) is 0 Å². The number of nitro groups is 1. The standard InChI is InChI=1S/C15H13ClN2O6S/c1-2-24-15(19)10-3-6-12(7-4-10)17-25(22,23)14-8-5-11(16)9-13(14)18(20)21/h3-9,17H,2H2,1H3. The van der Waals surface area contributed by atoms with Crippen LogP contribution in [0.15, 0.2) is 47.4 Å². The highest BCUT2D eigenvalue weighted by atomic mass is 35.5. The van der Waals surface area contributed by atoms with Gasteiger partial charge in [0.15, 0.2) is 4.90 Å². The Morgan fingerprint density at radius 3 is 2.44 bits per heavy atom.